The fourth-order valence-electron chi connectivity index (χ4n) is 2.04. The van der Waals surface area contributed by atoms with Crippen molar-refractivity contribution in [3.8, 4) is 0 Å². The quantitative estimate of drug-likeness (QED) is 0.444. The molecule has 0 atom stereocenters. The summed E-state index contributed by atoms with van der Waals surface area (Å²) in [5.74, 6) is -2.12. The van der Waals surface area contributed by atoms with Crippen molar-refractivity contribution in [1.82, 2.24) is 10.2 Å². The van der Waals surface area contributed by atoms with Gasteiger partial charge in [0.2, 0.25) is 11.8 Å². The number of carbonyl (C=O) groups excluding carboxylic acids is 2. The number of hydrogen-bond acceptors (Lipinski definition) is 7. The SMILES string of the molecule is CCC=CC1(N2C(=O)CCC2=O)N=C(N)NC(N)=N1. The summed E-state index contributed by atoms with van der Waals surface area (Å²) in [4.78, 5) is 33.0. The molecule has 0 aromatic carbocycles. The summed E-state index contributed by atoms with van der Waals surface area (Å²) < 4.78 is 0. The van der Waals surface area contributed by atoms with Gasteiger partial charge in [-0.05, 0) is 12.5 Å². The maximum Gasteiger partial charge on any atom is 0.262 e. The van der Waals surface area contributed by atoms with Crippen LogP contribution in [0.1, 0.15) is 26.2 Å². The third-order valence-electron chi connectivity index (χ3n) is 2.78. The number of nitrogens with zero attached hydrogens (tertiary/aromatic N) is 3. The highest BCUT2D eigenvalue weighted by Crippen LogP contribution is 2.29. The van der Waals surface area contributed by atoms with Crippen LogP contribution in [0, 0.1) is 0 Å². The third-order valence-corrected chi connectivity index (χ3v) is 2.78. The van der Waals surface area contributed by atoms with Gasteiger partial charge in [-0.25, -0.2) is 4.90 Å². The molecule has 0 spiro atoms. The molecule has 2 amide bonds. The summed E-state index contributed by atoms with van der Waals surface area (Å²) >= 11 is 0. The first-order valence-electron chi connectivity index (χ1n) is 6.00. The predicted molar refractivity (Wildman–Crippen MR) is 69.6 cm³/mol. The van der Waals surface area contributed by atoms with E-state index >= 15 is 0 Å². The Bertz CT molecular complexity index is 473. The number of nitrogens with two attached hydrogens (primary N) is 2. The lowest BCUT2D eigenvalue weighted by atomic mass is 10.2. The molecule has 0 aromatic heterocycles. The van der Waals surface area contributed by atoms with Crippen LogP contribution in [-0.2, 0) is 9.59 Å². The van der Waals surface area contributed by atoms with Crippen LogP contribution in [0.15, 0.2) is 22.1 Å². The number of hydrogen-bond donors (Lipinski definition) is 3. The van der Waals surface area contributed by atoms with Crippen LogP contribution in [-0.4, -0.2) is 34.4 Å². The first-order valence-corrected chi connectivity index (χ1v) is 6.00. The largest absolute Gasteiger partial charge is 0.369 e. The molecule has 19 heavy (non-hydrogen) atoms. The van der Waals surface area contributed by atoms with Gasteiger partial charge in [-0.1, -0.05) is 13.0 Å². The Morgan fingerprint density at radius 2 is 1.79 bits per heavy atom. The van der Waals surface area contributed by atoms with Crippen LogP contribution in [0.3, 0.4) is 0 Å². The Balaban J connectivity index is 2.52. The molecule has 0 aliphatic carbocycles. The van der Waals surface area contributed by atoms with E-state index in [0.29, 0.717) is 6.42 Å². The van der Waals surface area contributed by atoms with Crippen molar-refractivity contribution < 1.29 is 9.59 Å². The summed E-state index contributed by atoms with van der Waals surface area (Å²) in [6, 6.07) is 0. The minimum absolute atomic E-state index is 0.0146. The highest BCUT2D eigenvalue weighted by atomic mass is 16.2. The average molecular weight is 264 g/mol. The number of amides is 2. The minimum Gasteiger partial charge on any atom is -0.369 e. The molecule has 2 rings (SSSR count). The maximum absolute atomic E-state index is 11.9. The Morgan fingerprint density at radius 1 is 1.26 bits per heavy atom. The number of likely N-dealkylation sites (tertiary alicyclic amines) is 1. The maximum atomic E-state index is 11.9. The normalized spacial score (nSPS) is 22.5. The second kappa shape index (κ2) is 4.71. The first kappa shape index (κ1) is 13.1. The summed E-state index contributed by atoms with van der Waals surface area (Å²) in [5.41, 5.74) is 11.3. The molecular formula is C11H16N6O2. The van der Waals surface area contributed by atoms with Crippen molar-refractivity contribution in [3.05, 3.63) is 12.2 Å². The van der Waals surface area contributed by atoms with Gasteiger partial charge in [0.25, 0.3) is 5.79 Å². The van der Waals surface area contributed by atoms with Crippen LogP contribution in [0.2, 0.25) is 0 Å². The van der Waals surface area contributed by atoms with E-state index in [-0.39, 0.29) is 36.6 Å². The van der Waals surface area contributed by atoms with Crippen molar-refractivity contribution in [2.75, 3.05) is 0 Å². The molecule has 8 heteroatoms. The molecule has 0 saturated carbocycles. The third kappa shape index (κ3) is 2.28. The number of allylic oxidation sites excluding steroid dienone is 1. The van der Waals surface area contributed by atoms with E-state index in [2.05, 4.69) is 15.3 Å². The topological polar surface area (TPSA) is 126 Å². The van der Waals surface area contributed by atoms with Crippen molar-refractivity contribution in [2.24, 2.45) is 21.5 Å². The fraction of sp³-hybridized carbons (Fsp3) is 0.455. The molecule has 8 nitrogen and oxygen atoms in total. The molecule has 5 N–H and O–H groups in total. The van der Waals surface area contributed by atoms with Gasteiger partial charge in [-0.2, -0.15) is 9.98 Å². The zero-order chi connectivity index (χ0) is 14.0. The molecule has 2 aliphatic rings. The fourth-order valence-corrected chi connectivity index (χ4v) is 2.04. The van der Waals surface area contributed by atoms with Gasteiger partial charge in [0.05, 0.1) is 0 Å². The lowest BCUT2D eigenvalue weighted by Crippen LogP contribution is -2.56. The lowest BCUT2D eigenvalue weighted by molar-refractivity contribution is -0.143. The molecule has 2 heterocycles. The Morgan fingerprint density at radius 3 is 2.26 bits per heavy atom. The van der Waals surface area contributed by atoms with E-state index in [9.17, 15) is 9.59 Å². The second-order valence-electron chi connectivity index (χ2n) is 4.24. The molecule has 0 radical (unpaired) electrons. The molecule has 2 aliphatic heterocycles. The van der Waals surface area contributed by atoms with Crippen LogP contribution >= 0.6 is 0 Å². The van der Waals surface area contributed by atoms with Gasteiger partial charge in [0.15, 0.2) is 11.9 Å². The van der Waals surface area contributed by atoms with E-state index < -0.39 is 5.79 Å². The molecular weight excluding hydrogens is 248 g/mol. The molecule has 102 valence electrons. The van der Waals surface area contributed by atoms with Crippen molar-refractivity contribution in [3.63, 3.8) is 0 Å². The van der Waals surface area contributed by atoms with Crippen LogP contribution in [0.4, 0.5) is 0 Å². The number of imide groups is 1. The summed E-state index contributed by atoms with van der Waals surface area (Å²) in [6.45, 7) is 1.92. The number of carbonyl (C=O) groups is 2. The zero-order valence-electron chi connectivity index (χ0n) is 10.6. The predicted octanol–water partition coefficient (Wildman–Crippen LogP) is -1.01. The lowest BCUT2D eigenvalue weighted by Gasteiger charge is -2.33. The number of rotatable bonds is 3. The van der Waals surface area contributed by atoms with E-state index in [1.165, 1.54) is 0 Å². The summed E-state index contributed by atoms with van der Waals surface area (Å²) in [7, 11) is 0. The molecule has 1 fully saturated rings. The smallest absolute Gasteiger partial charge is 0.262 e. The standard InChI is InChI=1S/C11H16N6O2/c1-2-3-6-11(15-9(12)14-10(13)16-11)17-7(18)4-5-8(17)19/h3,6H,2,4-5H2,1H3,(H5,12,13,14,15,16). The number of guanidine groups is 2. The van der Waals surface area contributed by atoms with E-state index in [1.54, 1.807) is 12.2 Å². The summed E-state index contributed by atoms with van der Waals surface area (Å²) in [5, 5.41) is 2.54. The van der Waals surface area contributed by atoms with E-state index in [4.69, 9.17) is 11.5 Å². The molecule has 0 bridgehead atoms. The van der Waals surface area contributed by atoms with Gasteiger partial charge in [0.1, 0.15) is 0 Å². The van der Waals surface area contributed by atoms with Gasteiger partial charge >= 0.3 is 0 Å². The van der Waals surface area contributed by atoms with Crippen molar-refractivity contribution in [1.29, 1.82) is 0 Å². The van der Waals surface area contributed by atoms with E-state index in [0.717, 1.165) is 4.90 Å². The second-order valence-corrected chi connectivity index (χ2v) is 4.24. The highest BCUT2D eigenvalue weighted by Gasteiger charge is 2.46. The van der Waals surface area contributed by atoms with Gasteiger partial charge in [-0.3, -0.25) is 14.9 Å². The number of nitrogens with one attached hydrogen (secondary N) is 1. The Labute approximate surface area is 110 Å². The van der Waals surface area contributed by atoms with Gasteiger partial charge < -0.3 is 11.5 Å². The number of aliphatic imine (C=N–C) groups is 2. The Kier molecular flexibility index (Phi) is 3.24. The van der Waals surface area contributed by atoms with Crippen molar-refractivity contribution in [2.45, 2.75) is 32.0 Å². The zero-order valence-corrected chi connectivity index (χ0v) is 10.6. The first-order chi connectivity index (χ1) is 8.98. The minimum atomic E-state index is -1.49. The summed E-state index contributed by atoms with van der Waals surface area (Å²) in [6.07, 6.45) is 4.33. The van der Waals surface area contributed by atoms with Gasteiger partial charge in [-0.15, -0.1) is 0 Å². The highest BCUT2D eigenvalue weighted by molar-refractivity contribution is 6.05. The monoisotopic (exact) mass is 264 g/mol. The van der Waals surface area contributed by atoms with Crippen LogP contribution in [0.5, 0.6) is 0 Å². The Hall–Kier alpha value is -2.38. The molecule has 0 unspecified atom stereocenters. The molecule has 0 aromatic rings. The van der Waals surface area contributed by atoms with Crippen LogP contribution in [0.25, 0.3) is 0 Å². The molecule has 1 saturated heterocycles. The van der Waals surface area contributed by atoms with Crippen molar-refractivity contribution >= 4 is 23.7 Å². The van der Waals surface area contributed by atoms with E-state index in [1.807, 2.05) is 6.92 Å². The van der Waals surface area contributed by atoms with Gasteiger partial charge in [0, 0.05) is 12.8 Å². The van der Waals surface area contributed by atoms with Crippen LogP contribution < -0.4 is 16.8 Å². The average Bonchev–Trinajstić information content (AvgIpc) is 2.66.